The zero-order valence-electron chi connectivity index (χ0n) is 7.47. The first kappa shape index (κ1) is 9.92. The minimum absolute atomic E-state index is 0.0617. The number of carbonyl (C=O) groups excluding carboxylic acids is 1. The van der Waals surface area contributed by atoms with E-state index in [4.69, 9.17) is 11.6 Å². The predicted octanol–water partition coefficient (Wildman–Crippen LogP) is 1.27. The Bertz CT molecular complexity index is 307. The van der Waals surface area contributed by atoms with E-state index in [1.165, 1.54) is 6.33 Å². The molecule has 0 radical (unpaired) electrons. The van der Waals surface area contributed by atoms with Crippen molar-refractivity contribution in [1.29, 1.82) is 0 Å². The zero-order chi connectivity index (χ0) is 9.84. The van der Waals surface area contributed by atoms with Crippen molar-refractivity contribution >= 4 is 23.2 Å². The summed E-state index contributed by atoms with van der Waals surface area (Å²) >= 11 is 5.35. The normalized spacial score (nSPS) is 9.77. The number of nitrogens with one attached hydrogen (secondary N) is 1. The molecule has 1 aromatic rings. The first-order valence-corrected chi connectivity index (χ1v) is 4.32. The number of nitrogens with zero attached hydrogens (tertiary/aromatic N) is 2. The fourth-order valence-corrected chi connectivity index (χ4v) is 1.01. The molecule has 0 aliphatic heterocycles. The molecule has 1 aromatic heterocycles. The minimum Gasteiger partial charge on any atom is -0.322 e. The summed E-state index contributed by atoms with van der Waals surface area (Å²) in [6, 6.07) is 0. The molecular formula is C8H10ClN3O. The van der Waals surface area contributed by atoms with Crippen LogP contribution in [0.25, 0.3) is 0 Å². The molecule has 0 aliphatic rings. The van der Waals surface area contributed by atoms with Crippen LogP contribution in [0.2, 0.25) is 0 Å². The summed E-state index contributed by atoms with van der Waals surface area (Å²) in [4.78, 5) is 18.9. The van der Waals surface area contributed by atoms with E-state index >= 15 is 0 Å². The van der Waals surface area contributed by atoms with E-state index in [0.717, 1.165) is 11.4 Å². The molecule has 0 atom stereocenters. The van der Waals surface area contributed by atoms with Gasteiger partial charge in [-0.05, 0) is 13.8 Å². The molecule has 5 heteroatoms. The summed E-state index contributed by atoms with van der Waals surface area (Å²) in [6.45, 7) is 3.61. The molecule has 1 heterocycles. The highest BCUT2D eigenvalue weighted by molar-refractivity contribution is 6.29. The third-order valence-electron chi connectivity index (χ3n) is 1.61. The molecular weight excluding hydrogens is 190 g/mol. The van der Waals surface area contributed by atoms with Gasteiger partial charge in [0, 0.05) is 0 Å². The molecule has 0 aliphatic carbocycles. The van der Waals surface area contributed by atoms with Gasteiger partial charge in [0.05, 0.1) is 17.1 Å². The van der Waals surface area contributed by atoms with Crippen molar-refractivity contribution in [1.82, 2.24) is 9.97 Å². The standard InChI is InChI=1S/C8H10ClN3O/c1-5-8(12-7(13)3-9)6(2)11-4-10-5/h4H,3H2,1-2H3,(H,12,13). The third-order valence-corrected chi connectivity index (χ3v) is 1.85. The average Bonchev–Trinajstić information content (AvgIpc) is 2.11. The van der Waals surface area contributed by atoms with Crippen LogP contribution < -0.4 is 5.32 Å². The van der Waals surface area contributed by atoms with Crippen molar-refractivity contribution in [3.63, 3.8) is 0 Å². The summed E-state index contributed by atoms with van der Waals surface area (Å²) in [5.41, 5.74) is 2.13. The fourth-order valence-electron chi connectivity index (χ4n) is 0.947. The van der Waals surface area contributed by atoms with Gasteiger partial charge in [-0.2, -0.15) is 0 Å². The highest BCUT2D eigenvalue weighted by Crippen LogP contribution is 2.14. The van der Waals surface area contributed by atoms with Crippen LogP contribution in [-0.2, 0) is 4.79 Å². The van der Waals surface area contributed by atoms with Gasteiger partial charge in [0.2, 0.25) is 5.91 Å². The van der Waals surface area contributed by atoms with Crippen LogP contribution in [0.4, 0.5) is 5.69 Å². The first-order valence-electron chi connectivity index (χ1n) is 3.79. The molecule has 0 spiro atoms. The summed E-state index contributed by atoms with van der Waals surface area (Å²) in [5, 5.41) is 2.63. The topological polar surface area (TPSA) is 54.9 Å². The van der Waals surface area contributed by atoms with E-state index in [0.29, 0.717) is 5.69 Å². The molecule has 0 bridgehead atoms. The summed E-state index contributed by atoms with van der Waals surface area (Å²) in [6.07, 6.45) is 1.46. The molecule has 0 saturated carbocycles. The van der Waals surface area contributed by atoms with Gasteiger partial charge in [0.15, 0.2) is 0 Å². The lowest BCUT2D eigenvalue weighted by atomic mass is 10.3. The van der Waals surface area contributed by atoms with Crippen molar-refractivity contribution in [2.24, 2.45) is 0 Å². The molecule has 0 saturated heterocycles. The van der Waals surface area contributed by atoms with Gasteiger partial charge in [0.25, 0.3) is 0 Å². The van der Waals surface area contributed by atoms with Gasteiger partial charge in [0.1, 0.15) is 12.2 Å². The minimum atomic E-state index is -0.248. The Hall–Kier alpha value is -1.16. The number of amides is 1. The number of alkyl halides is 1. The number of anilines is 1. The van der Waals surface area contributed by atoms with Gasteiger partial charge < -0.3 is 5.32 Å². The number of halogens is 1. The third kappa shape index (κ3) is 2.39. The van der Waals surface area contributed by atoms with Crippen LogP contribution in [0.15, 0.2) is 6.33 Å². The number of hydrogen-bond donors (Lipinski definition) is 1. The molecule has 1 N–H and O–H groups in total. The van der Waals surface area contributed by atoms with Crippen LogP contribution >= 0.6 is 11.6 Å². The van der Waals surface area contributed by atoms with Crippen LogP contribution in [0.5, 0.6) is 0 Å². The maximum atomic E-state index is 11.0. The quantitative estimate of drug-likeness (QED) is 0.730. The first-order chi connectivity index (χ1) is 6.15. The molecule has 0 aromatic carbocycles. The summed E-state index contributed by atoms with van der Waals surface area (Å²) in [7, 11) is 0. The van der Waals surface area contributed by atoms with Crippen molar-refractivity contribution in [3.05, 3.63) is 17.7 Å². The molecule has 0 unspecified atom stereocenters. The Morgan fingerprint density at radius 2 is 2.00 bits per heavy atom. The van der Waals surface area contributed by atoms with Gasteiger partial charge >= 0.3 is 0 Å². The molecule has 0 fully saturated rings. The SMILES string of the molecule is Cc1ncnc(C)c1NC(=O)CCl. The highest BCUT2D eigenvalue weighted by Gasteiger charge is 2.07. The number of aromatic nitrogens is 2. The highest BCUT2D eigenvalue weighted by atomic mass is 35.5. The fraction of sp³-hybridized carbons (Fsp3) is 0.375. The van der Waals surface area contributed by atoms with Crippen molar-refractivity contribution in [2.75, 3.05) is 11.2 Å². The molecule has 13 heavy (non-hydrogen) atoms. The number of hydrogen-bond acceptors (Lipinski definition) is 3. The number of rotatable bonds is 2. The van der Waals surface area contributed by atoms with E-state index in [1.807, 2.05) is 0 Å². The largest absolute Gasteiger partial charge is 0.322 e. The Kier molecular flexibility index (Phi) is 3.19. The van der Waals surface area contributed by atoms with Crippen molar-refractivity contribution < 1.29 is 4.79 Å². The van der Waals surface area contributed by atoms with Gasteiger partial charge in [-0.25, -0.2) is 9.97 Å². The Morgan fingerprint density at radius 3 is 2.46 bits per heavy atom. The van der Waals surface area contributed by atoms with Crippen LogP contribution in [-0.4, -0.2) is 21.8 Å². The average molecular weight is 200 g/mol. The van der Waals surface area contributed by atoms with Crippen molar-refractivity contribution in [3.8, 4) is 0 Å². The molecule has 1 rings (SSSR count). The summed E-state index contributed by atoms with van der Waals surface area (Å²) in [5.74, 6) is -0.309. The van der Waals surface area contributed by atoms with Crippen molar-refractivity contribution in [2.45, 2.75) is 13.8 Å². The van der Waals surface area contributed by atoms with Crippen LogP contribution in [0, 0.1) is 13.8 Å². The lowest BCUT2D eigenvalue weighted by Gasteiger charge is -2.07. The molecule has 70 valence electrons. The van der Waals surface area contributed by atoms with Gasteiger partial charge in [-0.15, -0.1) is 11.6 Å². The number of aryl methyl sites for hydroxylation is 2. The van der Waals surface area contributed by atoms with E-state index in [2.05, 4.69) is 15.3 Å². The molecule has 1 amide bonds. The Labute approximate surface area is 81.3 Å². The van der Waals surface area contributed by atoms with E-state index in [1.54, 1.807) is 13.8 Å². The monoisotopic (exact) mass is 199 g/mol. The van der Waals surface area contributed by atoms with E-state index < -0.39 is 0 Å². The second-order valence-corrected chi connectivity index (χ2v) is 2.87. The van der Waals surface area contributed by atoms with Crippen LogP contribution in [0.1, 0.15) is 11.4 Å². The van der Waals surface area contributed by atoms with E-state index in [-0.39, 0.29) is 11.8 Å². The van der Waals surface area contributed by atoms with Crippen LogP contribution in [0.3, 0.4) is 0 Å². The maximum absolute atomic E-state index is 11.0. The smallest absolute Gasteiger partial charge is 0.239 e. The maximum Gasteiger partial charge on any atom is 0.239 e. The Balaban J connectivity index is 2.93. The Morgan fingerprint density at radius 1 is 1.46 bits per heavy atom. The lowest BCUT2D eigenvalue weighted by molar-refractivity contribution is -0.113. The number of carbonyl (C=O) groups is 1. The predicted molar refractivity (Wildman–Crippen MR) is 50.9 cm³/mol. The van der Waals surface area contributed by atoms with Gasteiger partial charge in [-0.1, -0.05) is 0 Å². The zero-order valence-corrected chi connectivity index (χ0v) is 8.22. The second-order valence-electron chi connectivity index (χ2n) is 2.60. The van der Waals surface area contributed by atoms with Gasteiger partial charge in [-0.3, -0.25) is 4.79 Å². The summed E-state index contributed by atoms with van der Waals surface area (Å²) < 4.78 is 0. The lowest BCUT2D eigenvalue weighted by Crippen LogP contribution is -2.15. The van der Waals surface area contributed by atoms with E-state index in [9.17, 15) is 4.79 Å². The second kappa shape index (κ2) is 4.18. The molecule has 4 nitrogen and oxygen atoms in total.